The molecule has 2 rings (SSSR count). The zero-order chi connectivity index (χ0) is 14.5. The largest absolute Gasteiger partial charge is 0.465 e. The molecular weight excluding hydrogens is 252 g/mol. The second-order valence-electron chi connectivity index (χ2n) is 5.37. The maximum absolute atomic E-state index is 11.4. The van der Waals surface area contributed by atoms with E-state index in [-0.39, 0.29) is 5.97 Å². The number of rotatable bonds is 3. The number of hydrazone groups is 1. The van der Waals surface area contributed by atoms with E-state index < -0.39 is 0 Å². The van der Waals surface area contributed by atoms with Gasteiger partial charge in [0.25, 0.3) is 0 Å². The quantitative estimate of drug-likeness (QED) is 0.628. The van der Waals surface area contributed by atoms with Crippen LogP contribution in [0.4, 0.5) is 0 Å². The van der Waals surface area contributed by atoms with Crippen molar-refractivity contribution in [2.24, 2.45) is 5.10 Å². The lowest BCUT2D eigenvalue weighted by molar-refractivity contribution is 0.0600. The summed E-state index contributed by atoms with van der Waals surface area (Å²) in [6, 6.07) is 8.27. The van der Waals surface area contributed by atoms with E-state index in [9.17, 15) is 4.79 Å². The Bertz CT molecular complexity index is 472. The van der Waals surface area contributed by atoms with Crippen molar-refractivity contribution in [1.29, 1.82) is 0 Å². The first-order valence-corrected chi connectivity index (χ1v) is 7.12. The molecule has 1 heterocycles. The molecule has 108 valence electrons. The molecule has 0 radical (unpaired) electrons. The Morgan fingerprint density at radius 1 is 1.25 bits per heavy atom. The summed E-state index contributed by atoms with van der Waals surface area (Å²) in [6.07, 6.45) is 5.54. The van der Waals surface area contributed by atoms with Gasteiger partial charge in [-0.3, -0.25) is 5.01 Å². The number of piperidine rings is 1. The third-order valence-corrected chi connectivity index (χ3v) is 3.82. The molecule has 1 aromatic rings. The van der Waals surface area contributed by atoms with Crippen molar-refractivity contribution < 1.29 is 9.53 Å². The number of carbonyl (C=O) groups excluding carboxylic acids is 1. The molecule has 0 aromatic heterocycles. The van der Waals surface area contributed by atoms with Crippen LogP contribution in [0.15, 0.2) is 29.4 Å². The fraction of sp³-hybridized carbons (Fsp3) is 0.500. The second-order valence-corrected chi connectivity index (χ2v) is 5.37. The van der Waals surface area contributed by atoms with Crippen molar-refractivity contribution in [3.63, 3.8) is 0 Å². The van der Waals surface area contributed by atoms with Crippen LogP contribution in [-0.2, 0) is 4.74 Å². The summed E-state index contributed by atoms with van der Waals surface area (Å²) in [6.45, 7) is 4.43. The van der Waals surface area contributed by atoms with Gasteiger partial charge in [0.2, 0.25) is 0 Å². The third kappa shape index (κ3) is 3.38. The van der Waals surface area contributed by atoms with Crippen molar-refractivity contribution in [1.82, 2.24) is 5.01 Å². The summed E-state index contributed by atoms with van der Waals surface area (Å²) in [5.74, 6) is -0.313. The van der Waals surface area contributed by atoms with Gasteiger partial charge in [0.1, 0.15) is 0 Å². The Morgan fingerprint density at radius 2 is 1.85 bits per heavy atom. The maximum atomic E-state index is 11.4. The van der Waals surface area contributed by atoms with Crippen LogP contribution in [0.3, 0.4) is 0 Å². The van der Waals surface area contributed by atoms with Crippen molar-refractivity contribution in [3.05, 3.63) is 35.4 Å². The minimum absolute atomic E-state index is 0.313. The normalized spacial score (nSPS) is 23.1. The van der Waals surface area contributed by atoms with Gasteiger partial charge in [-0.05, 0) is 50.8 Å². The van der Waals surface area contributed by atoms with E-state index in [1.54, 1.807) is 12.1 Å². The smallest absolute Gasteiger partial charge is 0.337 e. The molecule has 4 heteroatoms. The van der Waals surface area contributed by atoms with Crippen LogP contribution < -0.4 is 0 Å². The maximum Gasteiger partial charge on any atom is 0.337 e. The van der Waals surface area contributed by atoms with Gasteiger partial charge < -0.3 is 4.74 Å². The van der Waals surface area contributed by atoms with Crippen LogP contribution in [0.1, 0.15) is 49.0 Å². The highest BCUT2D eigenvalue weighted by molar-refractivity contribution is 5.90. The molecule has 20 heavy (non-hydrogen) atoms. The molecule has 0 spiro atoms. The number of nitrogens with zero attached hydrogens (tertiary/aromatic N) is 2. The van der Waals surface area contributed by atoms with E-state index in [1.807, 2.05) is 18.3 Å². The van der Waals surface area contributed by atoms with E-state index in [0.29, 0.717) is 17.6 Å². The number of benzene rings is 1. The fourth-order valence-electron chi connectivity index (χ4n) is 2.59. The Labute approximate surface area is 120 Å². The van der Waals surface area contributed by atoms with E-state index in [2.05, 4.69) is 28.7 Å². The summed E-state index contributed by atoms with van der Waals surface area (Å²) in [5.41, 5.74) is 1.55. The average Bonchev–Trinajstić information content (AvgIpc) is 2.46. The van der Waals surface area contributed by atoms with E-state index in [1.165, 1.54) is 26.4 Å². The van der Waals surface area contributed by atoms with E-state index >= 15 is 0 Å². The van der Waals surface area contributed by atoms with Gasteiger partial charge in [-0.1, -0.05) is 12.1 Å². The van der Waals surface area contributed by atoms with Crippen LogP contribution in [0, 0.1) is 0 Å². The predicted molar refractivity (Wildman–Crippen MR) is 80.0 cm³/mol. The summed E-state index contributed by atoms with van der Waals surface area (Å²) >= 11 is 0. The molecule has 0 aliphatic carbocycles. The Morgan fingerprint density at radius 3 is 2.40 bits per heavy atom. The molecule has 0 bridgehead atoms. The summed E-state index contributed by atoms with van der Waals surface area (Å²) in [7, 11) is 1.39. The Hall–Kier alpha value is -1.84. The van der Waals surface area contributed by atoms with Crippen molar-refractivity contribution in [2.75, 3.05) is 7.11 Å². The number of carbonyl (C=O) groups is 1. The van der Waals surface area contributed by atoms with Crippen molar-refractivity contribution in [2.45, 2.75) is 45.2 Å². The van der Waals surface area contributed by atoms with Gasteiger partial charge in [0.05, 0.1) is 18.9 Å². The third-order valence-electron chi connectivity index (χ3n) is 3.82. The number of esters is 1. The molecule has 0 unspecified atom stereocenters. The molecule has 1 aliphatic heterocycles. The second kappa shape index (κ2) is 6.55. The zero-order valence-corrected chi connectivity index (χ0v) is 12.4. The lowest BCUT2D eigenvalue weighted by atomic mass is 10.00. The minimum atomic E-state index is -0.313. The standard InChI is InChI=1S/C16H22N2O2/c1-12-5-4-6-13(2)18(12)17-11-14-7-9-15(10-8-14)16(19)20-3/h7-13H,4-6H2,1-3H3/b17-11-/t12-,13-/m1/s1. The number of hydrogen-bond donors (Lipinski definition) is 0. The first kappa shape index (κ1) is 14.6. The molecule has 0 N–H and O–H groups in total. The van der Waals surface area contributed by atoms with Crippen molar-refractivity contribution >= 4 is 12.2 Å². The lowest BCUT2D eigenvalue weighted by Crippen LogP contribution is -2.39. The highest BCUT2D eigenvalue weighted by Gasteiger charge is 2.22. The Balaban J connectivity index is 2.05. The SMILES string of the molecule is COC(=O)c1ccc(/C=N\N2[C@H](C)CCC[C@H]2C)cc1. The lowest BCUT2D eigenvalue weighted by Gasteiger charge is -2.36. The molecule has 1 aliphatic rings. The fourth-order valence-corrected chi connectivity index (χ4v) is 2.59. The molecular formula is C16H22N2O2. The molecule has 1 aromatic carbocycles. The highest BCUT2D eigenvalue weighted by atomic mass is 16.5. The van der Waals surface area contributed by atoms with Crippen molar-refractivity contribution in [3.8, 4) is 0 Å². The first-order chi connectivity index (χ1) is 9.61. The van der Waals surface area contributed by atoms with Crippen LogP contribution in [0.5, 0.6) is 0 Å². The summed E-state index contributed by atoms with van der Waals surface area (Å²) in [4.78, 5) is 11.4. The van der Waals surface area contributed by atoms with Gasteiger partial charge >= 0.3 is 5.97 Å². The highest BCUT2D eigenvalue weighted by Crippen LogP contribution is 2.22. The first-order valence-electron chi connectivity index (χ1n) is 7.12. The number of hydrogen-bond acceptors (Lipinski definition) is 4. The number of methoxy groups -OCH3 is 1. The monoisotopic (exact) mass is 274 g/mol. The topological polar surface area (TPSA) is 41.9 Å². The molecule has 0 amide bonds. The zero-order valence-electron chi connectivity index (χ0n) is 12.4. The number of ether oxygens (including phenoxy) is 1. The summed E-state index contributed by atoms with van der Waals surface area (Å²) in [5, 5.41) is 6.78. The molecule has 1 saturated heterocycles. The minimum Gasteiger partial charge on any atom is -0.465 e. The van der Waals surface area contributed by atoms with Gasteiger partial charge in [-0.25, -0.2) is 4.79 Å². The molecule has 1 fully saturated rings. The average molecular weight is 274 g/mol. The predicted octanol–water partition coefficient (Wildman–Crippen LogP) is 3.07. The molecule has 0 saturated carbocycles. The molecule has 2 atom stereocenters. The van der Waals surface area contributed by atoms with Gasteiger partial charge in [-0.15, -0.1) is 0 Å². The molecule has 4 nitrogen and oxygen atoms in total. The van der Waals surface area contributed by atoms with Crippen LogP contribution in [0.2, 0.25) is 0 Å². The summed E-state index contributed by atoms with van der Waals surface area (Å²) < 4.78 is 4.68. The van der Waals surface area contributed by atoms with Crippen LogP contribution >= 0.6 is 0 Å². The van der Waals surface area contributed by atoms with E-state index in [0.717, 1.165) is 5.56 Å². The van der Waals surface area contributed by atoms with Crippen LogP contribution in [-0.4, -0.2) is 36.4 Å². The Kier molecular flexibility index (Phi) is 4.77. The van der Waals surface area contributed by atoms with Gasteiger partial charge in [0, 0.05) is 12.1 Å². The van der Waals surface area contributed by atoms with Gasteiger partial charge in [0.15, 0.2) is 0 Å². The van der Waals surface area contributed by atoms with Gasteiger partial charge in [-0.2, -0.15) is 5.10 Å². The van der Waals surface area contributed by atoms with Crippen LogP contribution in [0.25, 0.3) is 0 Å². The van der Waals surface area contributed by atoms with E-state index in [4.69, 9.17) is 0 Å².